The van der Waals surface area contributed by atoms with Crippen molar-refractivity contribution in [3.8, 4) is 5.75 Å². The summed E-state index contributed by atoms with van der Waals surface area (Å²) in [5.74, 6) is 0.0122. The van der Waals surface area contributed by atoms with Crippen molar-refractivity contribution < 1.29 is 14.3 Å². The third-order valence-electron chi connectivity index (χ3n) is 3.37. The molecule has 2 aromatic heterocycles. The Hall–Kier alpha value is -2.45. The number of rotatable bonds is 6. The maximum atomic E-state index is 12.1. The van der Waals surface area contributed by atoms with E-state index in [0.717, 1.165) is 5.01 Å². The van der Waals surface area contributed by atoms with E-state index >= 15 is 0 Å². The Balaban J connectivity index is 1.63. The molecule has 7 nitrogen and oxygen atoms in total. The highest BCUT2D eigenvalue weighted by atomic mass is 35.5. The molecule has 0 bridgehead atoms. The van der Waals surface area contributed by atoms with Crippen LogP contribution >= 0.6 is 22.9 Å². The highest BCUT2D eigenvalue weighted by molar-refractivity contribution is 7.16. The van der Waals surface area contributed by atoms with Crippen LogP contribution in [0.1, 0.15) is 30.5 Å². The number of esters is 1. The van der Waals surface area contributed by atoms with Gasteiger partial charge in [-0.1, -0.05) is 48.9 Å². The van der Waals surface area contributed by atoms with E-state index in [1.807, 2.05) is 13.8 Å². The lowest BCUT2D eigenvalue weighted by Crippen LogP contribution is -2.18. The Morgan fingerprint density at radius 3 is 2.85 bits per heavy atom. The van der Waals surface area contributed by atoms with E-state index in [-0.39, 0.29) is 24.7 Å². The molecule has 0 amide bonds. The predicted molar refractivity (Wildman–Crippen MR) is 98.0 cm³/mol. The molecule has 0 aliphatic carbocycles. The maximum Gasteiger partial charge on any atom is 0.344 e. The molecule has 0 aliphatic rings. The Labute approximate surface area is 158 Å². The van der Waals surface area contributed by atoms with Gasteiger partial charge in [0.15, 0.2) is 6.61 Å². The molecule has 0 spiro atoms. The van der Waals surface area contributed by atoms with Crippen LogP contribution in [0.5, 0.6) is 5.75 Å². The summed E-state index contributed by atoms with van der Waals surface area (Å²) >= 11 is 7.29. The Bertz CT molecular complexity index is 999. The number of halogens is 1. The fourth-order valence-electron chi connectivity index (χ4n) is 2.07. The van der Waals surface area contributed by atoms with E-state index in [1.165, 1.54) is 21.9 Å². The van der Waals surface area contributed by atoms with Crippen LogP contribution in [-0.4, -0.2) is 27.2 Å². The molecule has 3 rings (SSSR count). The molecule has 2 heterocycles. The smallest absolute Gasteiger partial charge is 0.344 e. The maximum absolute atomic E-state index is 12.1. The number of hydrogen-bond acceptors (Lipinski definition) is 7. The SMILES string of the molecule is CC(C)c1nn2c(=O)cc(COC(=O)COc3ccccc3Cl)nc2s1. The van der Waals surface area contributed by atoms with Crippen molar-refractivity contribution in [3.05, 3.63) is 56.4 Å². The summed E-state index contributed by atoms with van der Waals surface area (Å²) in [5.41, 5.74) is 0.0524. The molecule has 136 valence electrons. The molecule has 26 heavy (non-hydrogen) atoms. The first-order valence-electron chi connectivity index (χ1n) is 7.86. The molecule has 0 saturated carbocycles. The van der Waals surface area contributed by atoms with E-state index in [4.69, 9.17) is 21.1 Å². The van der Waals surface area contributed by atoms with Crippen LogP contribution in [0.4, 0.5) is 0 Å². The summed E-state index contributed by atoms with van der Waals surface area (Å²) in [4.78, 5) is 28.7. The van der Waals surface area contributed by atoms with Gasteiger partial charge in [0.2, 0.25) is 4.96 Å². The van der Waals surface area contributed by atoms with Gasteiger partial charge >= 0.3 is 5.97 Å². The van der Waals surface area contributed by atoms with Gasteiger partial charge in [0.25, 0.3) is 5.56 Å². The topological polar surface area (TPSA) is 82.8 Å². The minimum Gasteiger partial charge on any atom is -0.480 e. The fraction of sp³-hybridized carbons (Fsp3) is 0.294. The van der Waals surface area contributed by atoms with E-state index in [2.05, 4.69) is 10.1 Å². The van der Waals surface area contributed by atoms with Crippen molar-refractivity contribution in [1.82, 2.24) is 14.6 Å². The highest BCUT2D eigenvalue weighted by Crippen LogP contribution is 2.23. The first kappa shape index (κ1) is 18.3. The van der Waals surface area contributed by atoms with Crippen molar-refractivity contribution >= 4 is 33.9 Å². The van der Waals surface area contributed by atoms with Gasteiger partial charge in [-0.15, -0.1) is 0 Å². The third kappa shape index (κ3) is 4.20. The molecule has 0 N–H and O–H groups in total. The Morgan fingerprint density at radius 1 is 1.35 bits per heavy atom. The number of hydrogen-bond donors (Lipinski definition) is 0. The lowest BCUT2D eigenvalue weighted by Gasteiger charge is -2.07. The van der Waals surface area contributed by atoms with Crippen LogP contribution in [-0.2, 0) is 16.1 Å². The summed E-state index contributed by atoms with van der Waals surface area (Å²) in [6.07, 6.45) is 0. The molecule has 0 aliphatic heterocycles. The second-order valence-electron chi connectivity index (χ2n) is 5.75. The third-order valence-corrected chi connectivity index (χ3v) is 4.89. The average Bonchev–Trinajstić information content (AvgIpc) is 3.04. The molecule has 0 unspecified atom stereocenters. The van der Waals surface area contributed by atoms with Crippen LogP contribution < -0.4 is 10.3 Å². The van der Waals surface area contributed by atoms with E-state index in [1.54, 1.807) is 24.3 Å². The van der Waals surface area contributed by atoms with Crippen molar-refractivity contribution in [2.75, 3.05) is 6.61 Å². The van der Waals surface area contributed by atoms with Crippen LogP contribution in [0.3, 0.4) is 0 Å². The fourth-order valence-corrected chi connectivity index (χ4v) is 3.19. The first-order chi connectivity index (χ1) is 12.4. The molecular formula is C17H16ClN3O4S. The summed E-state index contributed by atoms with van der Waals surface area (Å²) in [6, 6.07) is 8.13. The molecule has 0 saturated heterocycles. The van der Waals surface area contributed by atoms with Crippen LogP contribution in [0.25, 0.3) is 4.96 Å². The normalized spacial score (nSPS) is 11.1. The standard InChI is InChI=1S/C17H16ClN3O4S/c1-10(2)16-20-21-14(22)7-11(19-17(21)26-16)8-25-15(23)9-24-13-6-4-3-5-12(13)18/h3-7,10H,8-9H2,1-2H3. The number of ether oxygens (including phenoxy) is 2. The van der Waals surface area contributed by atoms with Crippen LogP contribution in [0.15, 0.2) is 35.1 Å². The summed E-state index contributed by atoms with van der Waals surface area (Å²) in [6.45, 7) is 3.57. The zero-order chi connectivity index (χ0) is 18.7. The number of fused-ring (bicyclic) bond motifs is 1. The molecule has 0 atom stereocenters. The monoisotopic (exact) mass is 393 g/mol. The second kappa shape index (κ2) is 7.84. The van der Waals surface area contributed by atoms with Crippen molar-refractivity contribution in [3.63, 3.8) is 0 Å². The molecule has 1 aromatic carbocycles. The number of aromatic nitrogens is 3. The molecule has 9 heteroatoms. The lowest BCUT2D eigenvalue weighted by molar-refractivity contribution is -0.147. The Kier molecular flexibility index (Phi) is 5.53. The largest absolute Gasteiger partial charge is 0.480 e. The second-order valence-corrected chi connectivity index (χ2v) is 7.15. The first-order valence-corrected chi connectivity index (χ1v) is 9.06. The average molecular weight is 394 g/mol. The van der Waals surface area contributed by atoms with Gasteiger partial charge in [-0.25, -0.2) is 9.78 Å². The zero-order valence-corrected chi connectivity index (χ0v) is 15.7. The van der Waals surface area contributed by atoms with Crippen molar-refractivity contribution in [2.24, 2.45) is 0 Å². The van der Waals surface area contributed by atoms with E-state index in [9.17, 15) is 9.59 Å². The number of carbonyl (C=O) groups excluding carboxylic acids is 1. The van der Waals surface area contributed by atoms with Gasteiger partial charge in [0.05, 0.1) is 10.7 Å². The van der Waals surface area contributed by atoms with Gasteiger partial charge in [-0.05, 0) is 12.1 Å². The number of para-hydroxylation sites is 1. The van der Waals surface area contributed by atoms with Gasteiger partial charge in [-0.3, -0.25) is 4.79 Å². The predicted octanol–water partition coefficient (Wildman–Crippen LogP) is 3.05. The van der Waals surface area contributed by atoms with Crippen molar-refractivity contribution in [2.45, 2.75) is 26.4 Å². The summed E-state index contributed by atoms with van der Waals surface area (Å²) in [5, 5.41) is 5.46. The number of nitrogens with zero attached hydrogens (tertiary/aromatic N) is 3. The number of carbonyl (C=O) groups is 1. The van der Waals surface area contributed by atoms with Gasteiger partial charge in [-0.2, -0.15) is 9.61 Å². The molecular weight excluding hydrogens is 378 g/mol. The minimum atomic E-state index is -0.584. The van der Waals surface area contributed by atoms with Gasteiger partial charge < -0.3 is 9.47 Å². The Morgan fingerprint density at radius 2 is 2.12 bits per heavy atom. The molecule has 3 aromatic rings. The van der Waals surface area contributed by atoms with Crippen LogP contribution in [0, 0.1) is 0 Å². The van der Waals surface area contributed by atoms with Crippen LogP contribution in [0.2, 0.25) is 5.02 Å². The quantitative estimate of drug-likeness (QED) is 0.598. The molecule has 0 radical (unpaired) electrons. The summed E-state index contributed by atoms with van der Waals surface area (Å²) < 4.78 is 11.7. The van der Waals surface area contributed by atoms with Crippen molar-refractivity contribution in [1.29, 1.82) is 0 Å². The minimum absolute atomic E-state index is 0.120. The molecule has 0 fully saturated rings. The number of benzene rings is 1. The van der Waals surface area contributed by atoms with E-state index in [0.29, 0.717) is 21.4 Å². The zero-order valence-electron chi connectivity index (χ0n) is 14.1. The van der Waals surface area contributed by atoms with Gasteiger partial charge in [0.1, 0.15) is 17.4 Å². The lowest BCUT2D eigenvalue weighted by atomic mass is 10.2. The van der Waals surface area contributed by atoms with Gasteiger partial charge in [0, 0.05) is 12.0 Å². The van der Waals surface area contributed by atoms with E-state index < -0.39 is 5.97 Å². The summed E-state index contributed by atoms with van der Waals surface area (Å²) in [7, 11) is 0. The highest BCUT2D eigenvalue weighted by Gasteiger charge is 2.13.